The number of rotatable bonds is 7. The summed E-state index contributed by atoms with van der Waals surface area (Å²) < 4.78 is 7.30. The summed E-state index contributed by atoms with van der Waals surface area (Å²) in [6.07, 6.45) is 0. The Hall–Kier alpha value is -8.08. The highest BCUT2D eigenvalue weighted by Gasteiger charge is 2.23. The number of fused-ring (bicyclic) bond motifs is 8. The third-order valence-corrected chi connectivity index (χ3v) is 14.0. The Morgan fingerprint density at radius 1 is 0.309 bits per heavy atom. The second-order valence-corrected chi connectivity index (χ2v) is 20.3. The van der Waals surface area contributed by atoms with Crippen LogP contribution >= 0.6 is 0 Å². The number of hydrogen-bond donors (Lipinski definition) is 0. The first-order chi connectivity index (χ1) is 33.0. The Labute approximate surface area is 398 Å². The first-order valence-corrected chi connectivity index (χ1v) is 23.8. The monoisotopic (exact) mass is 878 g/mol. The third kappa shape index (κ3) is 6.82. The minimum atomic E-state index is 0.0362. The van der Waals surface area contributed by atoms with Crippen molar-refractivity contribution >= 4 is 71.6 Å². The van der Waals surface area contributed by atoms with Crippen LogP contribution in [0.2, 0.25) is 0 Å². The zero-order valence-corrected chi connectivity index (χ0v) is 39.6. The average molecular weight is 879 g/mol. The van der Waals surface area contributed by atoms with Crippen LogP contribution < -0.4 is 4.90 Å². The third-order valence-electron chi connectivity index (χ3n) is 14.0. The predicted molar refractivity (Wildman–Crippen MR) is 289 cm³/mol. The van der Waals surface area contributed by atoms with Gasteiger partial charge in [0.25, 0.3) is 0 Å². The van der Waals surface area contributed by atoms with Crippen molar-refractivity contribution in [2.45, 2.75) is 52.4 Å². The highest BCUT2D eigenvalue weighted by molar-refractivity contribution is 6.19. The van der Waals surface area contributed by atoms with E-state index >= 15 is 0 Å². The van der Waals surface area contributed by atoms with Gasteiger partial charge in [0.15, 0.2) is 0 Å². The average Bonchev–Trinajstić information content (AvgIpc) is 4.03. The first-order valence-electron chi connectivity index (χ1n) is 23.8. The lowest BCUT2D eigenvalue weighted by atomic mass is 9.87. The van der Waals surface area contributed by atoms with Crippen molar-refractivity contribution in [3.8, 4) is 28.3 Å². The molecule has 12 aromatic rings. The highest BCUT2D eigenvalue weighted by Crippen LogP contribution is 2.44. The maximum atomic E-state index is 2.47. The van der Waals surface area contributed by atoms with Gasteiger partial charge in [-0.25, -0.2) is 0 Å². The van der Waals surface area contributed by atoms with Crippen molar-refractivity contribution in [2.75, 3.05) is 4.90 Å². The summed E-state index contributed by atoms with van der Waals surface area (Å²) in [5.41, 5.74) is 17.8. The van der Waals surface area contributed by atoms with Crippen LogP contribution in [0.5, 0.6) is 0 Å². The SMILES string of the molecule is CC(C)(C)c1ccc(N(c2ccc(-n3c4ccccc4c4ccc5c(cc(-c6ccccc6)n5-c5ccccc5)c43)cc2)c2ccc3c(c2)c2ccccc2n3-c2ccc(C(C)(C)C)cc2)cc1. The standard InChI is InChI=1S/C64H54N4/c1-63(2,3)44-25-29-47(30-26-44)65(51-37-39-59-55(41-51)53-22-14-15-23-57(53)66(59)49-31-27-45(28-32-49)64(4,5)6)48-33-35-50(36-34-48)68-58-24-16-13-21-52(58)54-38-40-60-56(62(54)68)42-61(43-17-9-7-10-18-43)67(60)46-19-11-8-12-20-46/h7-42H,1-6H3. The molecule has 9 aromatic carbocycles. The number of anilines is 3. The Morgan fingerprint density at radius 3 is 1.38 bits per heavy atom. The molecule has 3 aromatic heterocycles. The fourth-order valence-electron chi connectivity index (χ4n) is 10.5. The van der Waals surface area contributed by atoms with E-state index in [0.29, 0.717) is 0 Å². The molecule has 330 valence electrons. The molecule has 68 heavy (non-hydrogen) atoms. The summed E-state index contributed by atoms with van der Waals surface area (Å²) in [7, 11) is 0. The molecule has 0 unspecified atom stereocenters. The van der Waals surface area contributed by atoms with Gasteiger partial charge in [-0.1, -0.05) is 157 Å². The van der Waals surface area contributed by atoms with Crippen LogP contribution in [0.3, 0.4) is 0 Å². The zero-order valence-electron chi connectivity index (χ0n) is 39.6. The van der Waals surface area contributed by atoms with Gasteiger partial charge in [-0.15, -0.1) is 0 Å². The van der Waals surface area contributed by atoms with E-state index in [0.717, 1.165) is 39.8 Å². The lowest BCUT2D eigenvalue weighted by molar-refractivity contribution is 0.590. The van der Waals surface area contributed by atoms with Crippen LogP contribution in [0.25, 0.3) is 82.8 Å². The molecular formula is C64H54N4. The summed E-state index contributed by atoms with van der Waals surface area (Å²) in [5.74, 6) is 0. The van der Waals surface area contributed by atoms with E-state index in [1.165, 1.54) is 71.2 Å². The second-order valence-electron chi connectivity index (χ2n) is 20.3. The van der Waals surface area contributed by atoms with E-state index in [1.54, 1.807) is 0 Å². The Morgan fingerprint density at radius 2 is 0.750 bits per heavy atom. The molecule has 0 atom stereocenters. The Balaban J connectivity index is 1.04. The summed E-state index contributed by atoms with van der Waals surface area (Å²) in [6, 6.07) is 80.6. The van der Waals surface area contributed by atoms with Crippen LogP contribution in [-0.2, 0) is 10.8 Å². The van der Waals surface area contributed by atoms with E-state index in [9.17, 15) is 0 Å². The van der Waals surface area contributed by atoms with Gasteiger partial charge in [-0.05, 0) is 131 Å². The summed E-state index contributed by atoms with van der Waals surface area (Å²) in [6.45, 7) is 13.7. The van der Waals surface area contributed by atoms with E-state index < -0.39 is 0 Å². The molecule has 0 aliphatic heterocycles. The molecule has 0 saturated carbocycles. The quantitative estimate of drug-likeness (QED) is 0.156. The van der Waals surface area contributed by atoms with Crippen LogP contribution in [0.1, 0.15) is 52.7 Å². The van der Waals surface area contributed by atoms with Crippen LogP contribution in [0, 0.1) is 0 Å². The van der Waals surface area contributed by atoms with Gasteiger partial charge in [-0.2, -0.15) is 0 Å². The van der Waals surface area contributed by atoms with Crippen LogP contribution in [-0.4, -0.2) is 13.7 Å². The van der Waals surface area contributed by atoms with E-state index in [-0.39, 0.29) is 10.8 Å². The van der Waals surface area contributed by atoms with Crippen molar-refractivity contribution in [3.63, 3.8) is 0 Å². The van der Waals surface area contributed by atoms with Crippen molar-refractivity contribution in [3.05, 3.63) is 230 Å². The topological polar surface area (TPSA) is 18.0 Å². The molecule has 12 rings (SSSR count). The summed E-state index contributed by atoms with van der Waals surface area (Å²) in [5, 5.41) is 6.14. The first kappa shape index (κ1) is 41.4. The smallest absolute Gasteiger partial charge is 0.0635 e. The van der Waals surface area contributed by atoms with Gasteiger partial charge >= 0.3 is 0 Å². The molecule has 0 aliphatic carbocycles. The Bertz CT molecular complexity index is 3820. The number of hydrogen-bond acceptors (Lipinski definition) is 1. The second kappa shape index (κ2) is 15.8. The molecule has 0 bridgehead atoms. The molecule has 4 heteroatoms. The van der Waals surface area contributed by atoms with Gasteiger partial charge < -0.3 is 18.6 Å². The molecule has 0 spiro atoms. The van der Waals surface area contributed by atoms with E-state index in [2.05, 4.69) is 279 Å². The van der Waals surface area contributed by atoms with Gasteiger partial charge in [-0.3, -0.25) is 0 Å². The van der Waals surface area contributed by atoms with Crippen LogP contribution in [0.4, 0.5) is 17.1 Å². The van der Waals surface area contributed by atoms with Crippen molar-refractivity contribution in [1.29, 1.82) is 0 Å². The molecule has 0 N–H and O–H groups in total. The van der Waals surface area contributed by atoms with Crippen molar-refractivity contribution < 1.29 is 0 Å². The van der Waals surface area contributed by atoms with Gasteiger partial charge in [0.1, 0.15) is 0 Å². The molecule has 0 radical (unpaired) electrons. The molecule has 0 saturated heterocycles. The summed E-state index contributed by atoms with van der Waals surface area (Å²) >= 11 is 0. The normalized spacial score (nSPS) is 12.3. The maximum absolute atomic E-state index is 2.47. The van der Waals surface area contributed by atoms with E-state index in [1.807, 2.05) is 0 Å². The molecular weight excluding hydrogens is 825 g/mol. The van der Waals surface area contributed by atoms with Gasteiger partial charge in [0.2, 0.25) is 0 Å². The lowest BCUT2D eigenvalue weighted by Crippen LogP contribution is -2.13. The maximum Gasteiger partial charge on any atom is 0.0635 e. The number of para-hydroxylation sites is 3. The minimum absolute atomic E-state index is 0.0362. The Kier molecular flexibility index (Phi) is 9.60. The predicted octanol–water partition coefficient (Wildman–Crippen LogP) is 17.6. The van der Waals surface area contributed by atoms with Gasteiger partial charge in [0.05, 0.1) is 33.3 Å². The van der Waals surface area contributed by atoms with Crippen molar-refractivity contribution in [1.82, 2.24) is 13.7 Å². The fourth-order valence-corrected chi connectivity index (χ4v) is 10.5. The number of benzene rings is 9. The fraction of sp³-hybridized carbons (Fsp3) is 0.125. The molecule has 0 amide bonds. The largest absolute Gasteiger partial charge is 0.310 e. The minimum Gasteiger partial charge on any atom is -0.310 e. The summed E-state index contributed by atoms with van der Waals surface area (Å²) in [4.78, 5) is 2.41. The molecule has 0 fully saturated rings. The zero-order chi connectivity index (χ0) is 46.3. The number of nitrogens with zero attached hydrogens (tertiary/aromatic N) is 4. The molecule has 4 nitrogen and oxygen atoms in total. The van der Waals surface area contributed by atoms with Crippen LogP contribution in [0.15, 0.2) is 218 Å². The van der Waals surface area contributed by atoms with E-state index in [4.69, 9.17) is 0 Å². The number of aromatic nitrogens is 3. The molecule has 0 aliphatic rings. The molecule has 3 heterocycles. The lowest BCUT2D eigenvalue weighted by Gasteiger charge is -2.27. The van der Waals surface area contributed by atoms with Gasteiger partial charge in [0, 0.05) is 61.1 Å². The highest BCUT2D eigenvalue weighted by atomic mass is 15.1. The van der Waals surface area contributed by atoms with Crippen molar-refractivity contribution in [2.24, 2.45) is 0 Å².